The van der Waals surface area contributed by atoms with E-state index in [0.717, 1.165) is 0 Å². The Morgan fingerprint density at radius 2 is 1.85 bits per heavy atom. The lowest BCUT2D eigenvalue weighted by Crippen LogP contribution is -2.63. The van der Waals surface area contributed by atoms with E-state index in [9.17, 15) is 24.6 Å². The maximum atomic E-state index is 13.0. The molecule has 0 aromatic carbocycles. The van der Waals surface area contributed by atoms with Crippen molar-refractivity contribution in [2.45, 2.75) is 72.2 Å². The zero-order chi connectivity index (χ0) is 25.4. The molecule has 4 rings (SSSR count). The van der Waals surface area contributed by atoms with Crippen molar-refractivity contribution < 1.29 is 34.1 Å². The molecule has 0 amide bonds. The molecule has 0 unspecified atom stereocenters. The molecule has 2 N–H and O–H groups in total. The highest BCUT2D eigenvalue weighted by Crippen LogP contribution is 2.76. The Labute approximate surface area is 200 Å². The number of allylic oxidation sites excluding steroid dienone is 2. The third kappa shape index (κ3) is 3.05. The van der Waals surface area contributed by atoms with E-state index >= 15 is 0 Å². The Hall–Kier alpha value is -2.25. The minimum absolute atomic E-state index is 0.0317. The summed E-state index contributed by atoms with van der Waals surface area (Å²) in [6.07, 6.45) is 4.83. The molecule has 7 heteroatoms. The van der Waals surface area contributed by atoms with Gasteiger partial charge in [-0.15, -0.1) is 0 Å². The Morgan fingerprint density at radius 3 is 2.41 bits per heavy atom. The molecule has 0 radical (unpaired) electrons. The van der Waals surface area contributed by atoms with Gasteiger partial charge in [-0.25, -0.2) is 4.79 Å². The van der Waals surface area contributed by atoms with E-state index in [2.05, 4.69) is 0 Å². The molecule has 2 fully saturated rings. The molecule has 34 heavy (non-hydrogen) atoms. The lowest BCUT2D eigenvalue weighted by Gasteiger charge is -2.52. The van der Waals surface area contributed by atoms with Crippen molar-refractivity contribution in [3.63, 3.8) is 0 Å². The molecule has 8 atom stereocenters. The zero-order valence-corrected chi connectivity index (χ0v) is 21.0. The molecule has 0 bridgehead atoms. The van der Waals surface area contributed by atoms with Crippen LogP contribution in [-0.2, 0) is 23.9 Å². The summed E-state index contributed by atoms with van der Waals surface area (Å²) in [5.41, 5.74) is -1.47. The summed E-state index contributed by atoms with van der Waals surface area (Å²) in [5.74, 6) is -3.55. The molecule has 4 aliphatic carbocycles. The molecule has 0 saturated heterocycles. The van der Waals surface area contributed by atoms with E-state index < -0.39 is 58.3 Å². The van der Waals surface area contributed by atoms with Crippen molar-refractivity contribution in [1.82, 2.24) is 0 Å². The van der Waals surface area contributed by atoms with Gasteiger partial charge in [-0.05, 0) is 38.3 Å². The lowest BCUT2D eigenvalue weighted by molar-refractivity contribution is -0.218. The van der Waals surface area contributed by atoms with Gasteiger partial charge in [0.15, 0.2) is 11.4 Å². The van der Waals surface area contributed by atoms with Gasteiger partial charge in [0.25, 0.3) is 0 Å². The van der Waals surface area contributed by atoms with Gasteiger partial charge in [-0.3, -0.25) is 9.59 Å². The highest BCUT2D eigenvalue weighted by atomic mass is 16.6. The van der Waals surface area contributed by atoms with Gasteiger partial charge in [-0.1, -0.05) is 39.0 Å². The van der Waals surface area contributed by atoms with E-state index in [1.807, 2.05) is 32.9 Å². The summed E-state index contributed by atoms with van der Waals surface area (Å²) >= 11 is 0. The van der Waals surface area contributed by atoms with Crippen LogP contribution in [0.1, 0.15) is 54.9 Å². The first-order valence-electron chi connectivity index (χ1n) is 12.1. The highest BCUT2D eigenvalue weighted by Gasteiger charge is 2.87. The number of Topliss-reactive ketones (excluding diaryl/α,β-unsaturated/α-hetero) is 1. The monoisotopic (exact) mass is 472 g/mol. The van der Waals surface area contributed by atoms with Crippen LogP contribution < -0.4 is 0 Å². The fraction of sp³-hybridized carbons (Fsp3) is 0.667. The third-order valence-electron chi connectivity index (χ3n) is 9.19. The average Bonchev–Trinajstić information content (AvgIpc) is 3.16. The first-order valence-corrected chi connectivity index (χ1v) is 12.1. The van der Waals surface area contributed by atoms with Gasteiger partial charge in [0.2, 0.25) is 0 Å². The molecule has 4 aliphatic rings. The number of hydrogen-bond acceptors (Lipinski definition) is 7. The number of rotatable bonds is 4. The van der Waals surface area contributed by atoms with Crippen molar-refractivity contribution in [3.05, 3.63) is 34.9 Å². The van der Waals surface area contributed by atoms with Crippen molar-refractivity contribution in [3.8, 4) is 0 Å². The third-order valence-corrected chi connectivity index (χ3v) is 9.19. The minimum Gasteiger partial charge on any atom is -0.454 e. The molecule has 0 aromatic heterocycles. The van der Waals surface area contributed by atoms with Gasteiger partial charge in [-0.2, -0.15) is 0 Å². The summed E-state index contributed by atoms with van der Waals surface area (Å²) in [6, 6.07) is 0. The Kier molecular flexibility index (Phi) is 5.77. The van der Waals surface area contributed by atoms with Crippen LogP contribution in [0, 0.1) is 35.0 Å². The summed E-state index contributed by atoms with van der Waals surface area (Å²) in [6.45, 7) is 12.0. The summed E-state index contributed by atoms with van der Waals surface area (Å²) in [7, 11) is 0. The zero-order valence-electron chi connectivity index (χ0n) is 21.0. The second kappa shape index (κ2) is 7.89. The van der Waals surface area contributed by atoms with E-state index in [1.165, 1.54) is 6.92 Å². The number of ether oxygens (including phenoxy) is 2. The second-order valence-electron chi connectivity index (χ2n) is 11.1. The Morgan fingerprint density at radius 1 is 1.21 bits per heavy atom. The van der Waals surface area contributed by atoms with Gasteiger partial charge in [0, 0.05) is 47.5 Å². The predicted molar refractivity (Wildman–Crippen MR) is 124 cm³/mol. The number of fused-ring (bicyclic) bond motifs is 5. The fourth-order valence-electron chi connectivity index (χ4n) is 7.32. The summed E-state index contributed by atoms with van der Waals surface area (Å²) < 4.78 is 12.0. The van der Waals surface area contributed by atoms with Crippen molar-refractivity contribution in [1.29, 1.82) is 0 Å². The van der Waals surface area contributed by atoms with Crippen LogP contribution in [0.15, 0.2) is 34.9 Å². The lowest BCUT2D eigenvalue weighted by atomic mass is 9.60. The van der Waals surface area contributed by atoms with E-state index in [4.69, 9.17) is 9.47 Å². The number of ketones is 1. The number of hydrogen-bond donors (Lipinski definition) is 2. The van der Waals surface area contributed by atoms with Gasteiger partial charge in [0.1, 0.15) is 6.10 Å². The summed E-state index contributed by atoms with van der Waals surface area (Å²) in [5, 5.41) is 22.6. The highest BCUT2D eigenvalue weighted by molar-refractivity contribution is 6.00. The van der Waals surface area contributed by atoms with Crippen LogP contribution in [0.5, 0.6) is 0 Å². The molecular weight excluding hydrogens is 436 g/mol. The smallest absolute Gasteiger partial charge is 0.333 e. The quantitative estimate of drug-likeness (QED) is 0.368. The number of esters is 2. The second-order valence-corrected chi connectivity index (χ2v) is 11.1. The number of carbonyl (C=O) groups is 3. The minimum atomic E-state index is -1.44. The molecule has 0 aliphatic heterocycles. The van der Waals surface area contributed by atoms with E-state index in [1.54, 1.807) is 26.8 Å². The van der Waals surface area contributed by atoms with Gasteiger partial charge >= 0.3 is 11.9 Å². The van der Waals surface area contributed by atoms with Crippen LogP contribution in [0.3, 0.4) is 0 Å². The number of aliphatic hydroxyl groups excluding tert-OH is 1. The predicted octanol–water partition coefficient (Wildman–Crippen LogP) is 2.90. The van der Waals surface area contributed by atoms with Crippen LogP contribution in [0.2, 0.25) is 0 Å². The van der Waals surface area contributed by atoms with E-state index in [0.29, 0.717) is 23.1 Å². The molecule has 186 valence electrons. The SMILES string of the molecule is C/C=C(\C)C(=O)O[C@H]1[C@H](C)[C@]2(O)[C@@H]3C=C(C)C(=O)[C@@H]3CC(CO)=C[C@@H]2[C@H]2C(C)(C)[C@]12OC(C)=O. The van der Waals surface area contributed by atoms with Crippen molar-refractivity contribution in [2.24, 2.45) is 35.0 Å². The van der Waals surface area contributed by atoms with Crippen LogP contribution >= 0.6 is 0 Å². The Bertz CT molecular complexity index is 1030. The topological polar surface area (TPSA) is 110 Å². The summed E-state index contributed by atoms with van der Waals surface area (Å²) in [4.78, 5) is 38.3. The largest absolute Gasteiger partial charge is 0.454 e. The maximum Gasteiger partial charge on any atom is 0.333 e. The number of aliphatic hydroxyl groups is 2. The molecular formula is C27H36O7. The molecule has 0 spiro atoms. The first kappa shape index (κ1) is 24.9. The first-order chi connectivity index (χ1) is 15.8. The van der Waals surface area contributed by atoms with Crippen LogP contribution in [-0.4, -0.2) is 51.8 Å². The van der Waals surface area contributed by atoms with Crippen molar-refractivity contribution >= 4 is 17.7 Å². The van der Waals surface area contributed by atoms with Crippen molar-refractivity contribution in [2.75, 3.05) is 6.61 Å². The maximum absolute atomic E-state index is 13.0. The number of carbonyl (C=O) groups excluding carboxylic acids is 3. The average molecular weight is 473 g/mol. The Balaban J connectivity index is 1.92. The standard InChI is InChI=1S/C27H36O7/c1-8-13(2)24(31)33-23-15(4)26(32)19-9-14(3)21(30)18(19)10-17(12-28)11-20(26)22-25(6,7)27(22,23)34-16(5)29/h8-9,11,15,18-20,22-23,28,32H,10,12H2,1-7H3/b13-8+/t15-,18+,19+,20+,22-,23-,26-,27+/m0/s1. The fourth-order valence-corrected chi connectivity index (χ4v) is 7.32. The van der Waals surface area contributed by atoms with Gasteiger partial charge in [0.05, 0.1) is 12.2 Å². The van der Waals surface area contributed by atoms with Gasteiger partial charge < -0.3 is 19.7 Å². The normalized spacial score (nSPS) is 42.4. The molecule has 7 nitrogen and oxygen atoms in total. The van der Waals surface area contributed by atoms with Crippen LogP contribution in [0.25, 0.3) is 0 Å². The molecule has 2 saturated carbocycles. The molecule has 0 aromatic rings. The van der Waals surface area contributed by atoms with Crippen LogP contribution in [0.4, 0.5) is 0 Å². The molecule has 0 heterocycles. The van der Waals surface area contributed by atoms with E-state index in [-0.39, 0.29) is 18.3 Å².